The number of Topliss-reactive ketones (excluding diaryl/α,β-unsaturated/α-hetero) is 2. The number of aromatic nitrogens is 2. The third-order valence-corrected chi connectivity index (χ3v) is 24.3. The lowest BCUT2D eigenvalue weighted by atomic mass is 9.88. The molecule has 8 amide bonds. The number of methoxy groups -OCH3 is 2. The SMILES string of the molecule is CC[C@H](C)[C@@H]([C@@H](CC(=O)N1CCC[C@H]1[C@H](OC)[C@@H](C)C(=O)N[C@@H](Cc1ccccc1)c1nccs1)OC)N(C)C(=O)[C@@H](NC(=O)[C@H](C(C)C)N(C)C(=O)OCc1ccc(CC(=O)[C@H](C)NC(=O)[C@@H](CC(=O)CCC(=O)N(CCOCCOCCC(=O)O)C2CCN(C(=O)CCn3c(CN(C)NC)cc4ccccc43)CC2)C(C)C)cc1)C(C)C. The van der Waals surface area contributed by atoms with Crippen LogP contribution in [0.5, 0.6) is 0 Å². The van der Waals surface area contributed by atoms with Gasteiger partial charge in [0.15, 0.2) is 5.78 Å². The van der Waals surface area contributed by atoms with E-state index < -0.39 is 95.9 Å². The van der Waals surface area contributed by atoms with Gasteiger partial charge in [0, 0.05) is 135 Å². The lowest BCUT2D eigenvalue weighted by molar-refractivity contribution is -0.148. The minimum Gasteiger partial charge on any atom is -0.481 e. The highest BCUT2D eigenvalue weighted by molar-refractivity contribution is 7.09. The van der Waals surface area contributed by atoms with Crippen molar-refractivity contribution in [2.45, 2.75) is 227 Å². The van der Waals surface area contributed by atoms with Crippen LogP contribution in [0.1, 0.15) is 173 Å². The fraction of sp³-hybridized carbons (Fsp3) is 0.618. The van der Waals surface area contributed by atoms with Gasteiger partial charge in [0.2, 0.25) is 41.4 Å². The fourth-order valence-corrected chi connectivity index (χ4v) is 16.8. The van der Waals surface area contributed by atoms with Gasteiger partial charge in [0.1, 0.15) is 29.5 Å². The second-order valence-corrected chi connectivity index (χ2v) is 33.7. The molecule has 5 N–H and O–H groups in total. The van der Waals surface area contributed by atoms with Gasteiger partial charge in [-0.05, 0) is 104 Å². The number of rotatable bonds is 50. The maximum atomic E-state index is 14.9. The number of benzene rings is 3. The first-order valence-corrected chi connectivity index (χ1v) is 43.1. The number of likely N-dealkylation sites (N-methyl/N-ethyl adjacent to an activating group) is 2. The Kier molecular flexibility index (Phi) is 39.5. The quantitative estimate of drug-likeness (QED) is 0.0179. The number of thiazole rings is 1. The number of nitrogens with zero attached hydrogens (tertiary/aromatic N) is 8. The number of likely N-dealkylation sites (tertiary alicyclic amines) is 2. The van der Waals surface area contributed by atoms with Crippen LogP contribution >= 0.6 is 11.3 Å². The Hall–Kier alpha value is -9.04. The number of piperidine rings is 1. The summed E-state index contributed by atoms with van der Waals surface area (Å²) in [6.07, 6.45) is 2.70. The molecule has 2 fully saturated rings. The highest BCUT2D eigenvalue weighted by Crippen LogP contribution is 2.33. The van der Waals surface area contributed by atoms with Crippen LogP contribution in [-0.4, -0.2) is 253 Å². The topological polar surface area (TPSA) is 340 Å². The molecule has 11 atom stereocenters. The first kappa shape index (κ1) is 97.1. The van der Waals surface area contributed by atoms with E-state index in [1.807, 2.05) is 120 Å². The maximum Gasteiger partial charge on any atom is 0.410 e. The summed E-state index contributed by atoms with van der Waals surface area (Å²) in [5.74, 6) is -6.42. The zero-order chi connectivity index (χ0) is 87.2. The highest BCUT2D eigenvalue weighted by Gasteiger charge is 2.45. The Bertz CT molecular complexity index is 4080. The van der Waals surface area contributed by atoms with Gasteiger partial charge in [-0.25, -0.2) is 14.8 Å². The van der Waals surface area contributed by atoms with E-state index in [0.717, 1.165) is 27.2 Å². The maximum absolute atomic E-state index is 14.9. The molecule has 656 valence electrons. The molecule has 119 heavy (non-hydrogen) atoms. The minimum absolute atomic E-state index is 0.0160. The Labute approximate surface area is 707 Å². The lowest BCUT2D eigenvalue weighted by Crippen LogP contribution is -2.60. The highest BCUT2D eigenvalue weighted by atomic mass is 32.1. The zero-order valence-electron chi connectivity index (χ0n) is 72.8. The van der Waals surface area contributed by atoms with Gasteiger partial charge >= 0.3 is 12.1 Å². The number of hydrogen-bond donors (Lipinski definition) is 5. The number of fused-ring (bicyclic) bond motifs is 1. The van der Waals surface area contributed by atoms with Crippen molar-refractivity contribution in [3.05, 3.63) is 124 Å². The molecule has 0 spiro atoms. The summed E-state index contributed by atoms with van der Waals surface area (Å²) in [5.41, 5.74) is 7.54. The molecular weight excluding hydrogens is 1540 g/mol. The predicted octanol–water partition coefficient (Wildman–Crippen LogP) is 9.46. The summed E-state index contributed by atoms with van der Waals surface area (Å²) in [7, 11) is 10.0. The molecule has 4 heterocycles. The minimum atomic E-state index is -1.07. The second-order valence-electron chi connectivity index (χ2n) is 32.8. The van der Waals surface area contributed by atoms with E-state index in [0.29, 0.717) is 88.8 Å². The number of hydrogen-bond acceptors (Lipinski definition) is 20. The number of nitrogens with one attached hydrogen (secondary N) is 4. The molecule has 0 bridgehead atoms. The zero-order valence-corrected chi connectivity index (χ0v) is 73.7. The Morgan fingerprint density at radius 2 is 1.34 bits per heavy atom. The van der Waals surface area contributed by atoms with Crippen molar-refractivity contribution in [2.75, 3.05) is 95.0 Å². The summed E-state index contributed by atoms with van der Waals surface area (Å²) >= 11 is 1.47. The number of para-hydroxylation sites is 1. The van der Waals surface area contributed by atoms with Crippen LogP contribution in [0.3, 0.4) is 0 Å². The standard InChI is InChI=1S/C89H132N12O17S/c1-17-60(8)82(75(114-15)54-78(106)101-40-23-28-73(101)83(115-16)61(9)84(109)93-71(87-91-39-49-119-87)50-63-24-19-18-20-25-63)96(13)88(112)80(58(4)5)94-86(111)81(59(6)7)97(14)89(113)118-56-65-31-29-64(30-32-65)51-74(103)62(10)92-85(110)70(57(2)3)53-69(102)33-34-77(105)100(44-46-117-48-47-116-45-38-79(107)108)67-35-41-98(42-36-67)76(104)37-43-99-68(55-95(12)90-11)52-66-26-21-22-27-72(66)99/h18-22,24-27,29-32,39,49,52,57-62,67,70-71,73,75,80-83,90H,17,23,28,33-38,40-48,50-51,53-56H2,1-16H3,(H,92,110)(H,93,109)(H,94,111)(H,107,108)/t60-,61+,62-,70-,71-,73-,75+,80-,81-,82-,83+/m0/s1. The van der Waals surface area contributed by atoms with Gasteiger partial charge in [-0.2, -0.15) is 0 Å². The van der Waals surface area contributed by atoms with E-state index in [1.54, 1.807) is 80.1 Å². The van der Waals surface area contributed by atoms with Crippen molar-refractivity contribution in [2.24, 2.45) is 35.5 Å². The summed E-state index contributed by atoms with van der Waals surface area (Å²) in [4.78, 5) is 165. The average molecular weight is 1670 g/mol. The normalized spacial score (nSPS) is 16.5. The second kappa shape index (κ2) is 48.4. The Morgan fingerprint density at radius 3 is 1.97 bits per heavy atom. The molecule has 3 aromatic carbocycles. The summed E-state index contributed by atoms with van der Waals surface area (Å²) in [6, 6.07) is 22.3. The first-order chi connectivity index (χ1) is 56.8. The van der Waals surface area contributed by atoms with Crippen LogP contribution in [0.25, 0.3) is 10.9 Å². The number of carbonyl (C=O) groups is 11. The average Bonchev–Trinajstić information content (AvgIpc) is 1.69. The van der Waals surface area contributed by atoms with Gasteiger partial charge in [-0.15, -0.1) is 11.3 Å². The Balaban J connectivity index is 0.879. The van der Waals surface area contributed by atoms with Gasteiger partial charge in [-0.1, -0.05) is 142 Å². The molecule has 29 nitrogen and oxygen atoms in total. The van der Waals surface area contributed by atoms with Crippen LogP contribution < -0.4 is 21.4 Å². The molecule has 2 saturated heterocycles. The molecule has 7 rings (SSSR count). The molecule has 2 aliphatic heterocycles. The van der Waals surface area contributed by atoms with Crippen molar-refractivity contribution < 1.29 is 81.5 Å². The molecule has 5 aromatic rings. The fourth-order valence-electron chi connectivity index (χ4n) is 16.1. The van der Waals surface area contributed by atoms with Gasteiger partial charge < -0.3 is 68.9 Å². The number of aryl methyl sites for hydroxylation is 1. The third-order valence-electron chi connectivity index (χ3n) is 23.4. The van der Waals surface area contributed by atoms with E-state index >= 15 is 0 Å². The molecule has 0 unspecified atom stereocenters. The molecular formula is C89H132N12O17S. The van der Waals surface area contributed by atoms with Crippen molar-refractivity contribution in [1.29, 1.82) is 0 Å². The largest absolute Gasteiger partial charge is 0.481 e. The number of amides is 8. The third kappa shape index (κ3) is 28.5. The molecule has 0 radical (unpaired) electrons. The van der Waals surface area contributed by atoms with Gasteiger partial charge in [0.05, 0.1) is 88.1 Å². The van der Waals surface area contributed by atoms with Crippen molar-refractivity contribution in [1.82, 2.24) is 60.4 Å². The lowest BCUT2D eigenvalue weighted by Gasteiger charge is -2.41. The van der Waals surface area contributed by atoms with E-state index in [1.165, 1.54) is 30.4 Å². The molecule has 0 saturated carbocycles. The van der Waals surface area contributed by atoms with Crippen molar-refractivity contribution in [3.63, 3.8) is 0 Å². The number of ether oxygens (including phenoxy) is 5. The van der Waals surface area contributed by atoms with Gasteiger partial charge in [0.25, 0.3) is 0 Å². The van der Waals surface area contributed by atoms with E-state index in [-0.39, 0.29) is 137 Å². The van der Waals surface area contributed by atoms with E-state index in [2.05, 4.69) is 49.1 Å². The van der Waals surface area contributed by atoms with Crippen LogP contribution in [-0.2, 0) is 104 Å². The number of hydrazine groups is 1. The summed E-state index contributed by atoms with van der Waals surface area (Å²) in [6.45, 7) is 21.3. The number of carboxylic acids is 1. The van der Waals surface area contributed by atoms with Crippen molar-refractivity contribution >= 4 is 87.2 Å². The first-order valence-electron chi connectivity index (χ1n) is 42.2. The number of aliphatic carboxylic acids is 1. The Morgan fingerprint density at radius 1 is 0.672 bits per heavy atom. The van der Waals surface area contributed by atoms with Crippen LogP contribution in [0.4, 0.5) is 4.79 Å². The molecule has 0 aliphatic carbocycles. The van der Waals surface area contributed by atoms with Crippen LogP contribution in [0.2, 0.25) is 0 Å². The molecule has 30 heteroatoms. The monoisotopic (exact) mass is 1670 g/mol. The van der Waals surface area contributed by atoms with Crippen LogP contribution in [0, 0.1) is 35.5 Å². The molecule has 2 aliphatic rings. The smallest absolute Gasteiger partial charge is 0.410 e. The predicted molar refractivity (Wildman–Crippen MR) is 455 cm³/mol. The number of carbonyl (C=O) groups excluding carboxylic acids is 10. The van der Waals surface area contributed by atoms with Gasteiger partial charge in [-0.3, -0.25) is 58.3 Å². The molecule has 2 aromatic heterocycles. The summed E-state index contributed by atoms with van der Waals surface area (Å²) < 4.78 is 31.4. The van der Waals surface area contributed by atoms with Crippen molar-refractivity contribution in [3.8, 4) is 0 Å². The van der Waals surface area contributed by atoms with E-state index in [4.69, 9.17) is 28.8 Å². The van der Waals surface area contributed by atoms with E-state index in [9.17, 15) is 52.7 Å². The number of ketones is 2. The summed E-state index contributed by atoms with van der Waals surface area (Å²) in [5, 5.41) is 23.7. The number of carboxylic acid groups (broad SMARTS) is 1. The van der Waals surface area contributed by atoms with Crippen LogP contribution in [0.15, 0.2) is 96.5 Å².